The number of carbonyl (C=O) groups excluding carboxylic acids is 2. The quantitative estimate of drug-likeness (QED) is 0.743. The van der Waals surface area contributed by atoms with E-state index in [0.717, 1.165) is 19.3 Å². The summed E-state index contributed by atoms with van der Waals surface area (Å²) in [6.45, 7) is 0.684. The van der Waals surface area contributed by atoms with Crippen LogP contribution in [-0.2, 0) is 9.59 Å². The summed E-state index contributed by atoms with van der Waals surface area (Å²) in [5, 5.41) is 2.85. The van der Waals surface area contributed by atoms with Crippen LogP contribution in [0.15, 0.2) is 0 Å². The first-order valence-electron chi connectivity index (χ1n) is 6.83. The fourth-order valence-electron chi connectivity index (χ4n) is 2.99. The monoisotopic (exact) mass is 283 g/mol. The Morgan fingerprint density at radius 2 is 2.05 bits per heavy atom. The third kappa shape index (κ3) is 2.59. The fourth-order valence-corrected chi connectivity index (χ4v) is 3.29. The number of likely N-dealkylation sites (tertiary alicyclic amines) is 1. The Labute approximate surface area is 118 Å². The summed E-state index contributed by atoms with van der Waals surface area (Å²) in [6, 6.07) is -0.411. The maximum Gasteiger partial charge on any atom is 0.244 e. The van der Waals surface area contributed by atoms with E-state index in [4.69, 9.17) is 18.0 Å². The van der Waals surface area contributed by atoms with Crippen LogP contribution in [0.5, 0.6) is 0 Å². The largest absolute Gasteiger partial charge is 0.392 e. The molecule has 1 unspecified atom stereocenters. The van der Waals surface area contributed by atoms with Crippen molar-refractivity contribution in [2.75, 3.05) is 13.6 Å². The lowest BCUT2D eigenvalue weighted by Crippen LogP contribution is -2.53. The molecule has 6 heteroatoms. The van der Waals surface area contributed by atoms with Gasteiger partial charge in [0.1, 0.15) is 6.04 Å². The minimum atomic E-state index is -0.741. The molecule has 0 radical (unpaired) electrons. The van der Waals surface area contributed by atoms with Crippen molar-refractivity contribution in [3.63, 3.8) is 0 Å². The maximum atomic E-state index is 12.5. The Hall–Kier alpha value is -1.17. The number of nitrogens with two attached hydrogens (primary N) is 1. The molecule has 2 rings (SSSR count). The predicted octanol–water partition coefficient (Wildman–Crippen LogP) is 0.570. The van der Waals surface area contributed by atoms with Crippen LogP contribution >= 0.6 is 12.2 Å². The Bertz CT molecular complexity index is 405. The summed E-state index contributed by atoms with van der Waals surface area (Å²) in [4.78, 5) is 26.3. The molecule has 0 aromatic heterocycles. The molecule has 2 fully saturated rings. The normalized spacial score (nSPS) is 26.3. The molecule has 1 heterocycles. The van der Waals surface area contributed by atoms with Crippen molar-refractivity contribution < 1.29 is 9.59 Å². The molecule has 0 spiro atoms. The molecule has 2 aliphatic rings. The van der Waals surface area contributed by atoms with E-state index in [1.165, 1.54) is 0 Å². The number of nitrogens with zero attached hydrogens (tertiary/aromatic N) is 1. The molecule has 0 aromatic carbocycles. The molecule has 0 bridgehead atoms. The van der Waals surface area contributed by atoms with E-state index in [-0.39, 0.29) is 16.8 Å². The van der Waals surface area contributed by atoms with Crippen LogP contribution in [0.1, 0.15) is 38.5 Å². The summed E-state index contributed by atoms with van der Waals surface area (Å²) in [7, 11) is 1.75. The second-order valence-electron chi connectivity index (χ2n) is 5.58. The zero-order chi connectivity index (χ0) is 14.0. The highest BCUT2D eigenvalue weighted by Gasteiger charge is 2.44. The molecule has 2 amide bonds. The van der Waals surface area contributed by atoms with Gasteiger partial charge < -0.3 is 16.0 Å². The fraction of sp³-hybridized carbons (Fsp3) is 0.769. The molecular weight excluding hydrogens is 262 g/mol. The van der Waals surface area contributed by atoms with Gasteiger partial charge in [-0.2, -0.15) is 0 Å². The average molecular weight is 283 g/mol. The Morgan fingerprint density at radius 1 is 1.42 bits per heavy atom. The molecule has 1 atom stereocenters. The first-order valence-corrected chi connectivity index (χ1v) is 7.24. The molecule has 1 saturated heterocycles. The average Bonchev–Trinajstić information content (AvgIpc) is 2.71. The third-order valence-corrected chi connectivity index (χ3v) is 4.74. The minimum Gasteiger partial charge on any atom is -0.392 e. The molecule has 1 aliphatic carbocycles. The molecule has 5 nitrogen and oxygen atoms in total. The molecule has 106 valence electrons. The standard InChI is InChI=1S/C13H21N3O2S/c1-16-8-5-9(10(16)17)15-12(18)13(11(14)19)6-3-2-4-7-13/h9H,2-8H2,1H3,(H2,14,19)(H,15,18). The smallest absolute Gasteiger partial charge is 0.244 e. The summed E-state index contributed by atoms with van der Waals surface area (Å²) < 4.78 is 0. The van der Waals surface area contributed by atoms with Gasteiger partial charge in [0.25, 0.3) is 0 Å². The number of amides is 2. The lowest BCUT2D eigenvalue weighted by Gasteiger charge is -2.35. The maximum absolute atomic E-state index is 12.5. The van der Waals surface area contributed by atoms with E-state index in [9.17, 15) is 9.59 Å². The van der Waals surface area contributed by atoms with Crippen LogP contribution < -0.4 is 11.1 Å². The van der Waals surface area contributed by atoms with Crippen molar-refractivity contribution in [1.82, 2.24) is 10.2 Å². The van der Waals surface area contributed by atoms with E-state index >= 15 is 0 Å². The molecule has 1 saturated carbocycles. The van der Waals surface area contributed by atoms with Crippen molar-refractivity contribution in [3.05, 3.63) is 0 Å². The highest BCUT2D eigenvalue weighted by molar-refractivity contribution is 7.80. The van der Waals surface area contributed by atoms with Crippen LogP contribution in [-0.4, -0.2) is 41.3 Å². The number of likely N-dealkylation sites (N-methyl/N-ethyl adjacent to an activating group) is 1. The van der Waals surface area contributed by atoms with Crippen molar-refractivity contribution >= 4 is 29.0 Å². The zero-order valence-corrected chi connectivity index (χ0v) is 12.1. The summed E-state index contributed by atoms with van der Waals surface area (Å²) in [6.07, 6.45) is 5.10. The number of hydrogen-bond acceptors (Lipinski definition) is 3. The van der Waals surface area contributed by atoms with Gasteiger partial charge in [-0.05, 0) is 19.3 Å². The van der Waals surface area contributed by atoms with Gasteiger partial charge in [0.05, 0.1) is 10.4 Å². The molecule has 3 N–H and O–H groups in total. The van der Waals surface area contributed by atoms with Gasteiger partial charge in [-0.25, -0.2) is 0 Å². The summed E-state index contributed by atoms with van der Waals surface area (Å²) >= 11 is 5.12. The number of hydrogen-bond donors (Lipinski definition) is 2. The van der Waals surface area contributed by atoms with E-state index in [2.05, 4.69) is 5.32 Å². The summed E-state index contributed by atoms with van der Waals surface area (Å²) in [5.41, 5.74) is 5.07. The van der Waals surface area contributed by atoms with E-state index in [1.54, 1.807) is 11.9 Å². The van der Waals surface area contributed by atoms with Crippen LogP contribution in [0.3, 0.4) is 0 Å². The molecule has 19 heavy (non-hydrogen) atoms. The number of carbonyl (C=O) groups is 2. The van der Waals surface area contributed by atoms with E-state index in [0.29, 0.717) is 25.8 Å². The van der Waals surface area contributed by atoms with Gasteiger partial charge in [0.15, 0.2) is 0 Å². The van der Waals surface area contributed by atoms with Gasteiger partial charge in [-0.3, -0.25) is 9.59 Å². The zero-order valence-electron chi connectivity index (χ0n) is 11.3. The Morgan fingerprint density at radius 3 is 2.53 bits per heavy atom. The van der Waals surface area contributed by atoms with Crippen LogP contribution in [0.4, 0.5) is 0 Å². The van der Waals surface area contributed by atoms with Gasteiger partial charge in [-0.1, -0.05) is 31.5 Å². The topological polar surface area (TPSA) is 75.4 Å². The van der Waals surface area contributed by atoms with E-state index < -0.39 is 11.5 Å². The van der Waals surface area contributed by atoms with Crippen LogP contribution in [0.25, 0.3) is 0 Å². The van der Waals surface area contributed by atoms with Gasteiger partial charge in [0, 0.05) is 13.6 Å². The first kappa shape index (κ1) is 14.2. The molecular formula is C13H21N3O2S. The highest BCUT2D eigenvalue weighted by Crippen LogP contribution is 2.37. The van der Waals surface area contributed by atoms with Crippen molar-refractivity contribution in [1.29, 1.82) is 0 Å². The van der Waals surface area contributed by atoms with Crippen LogP contribution in [0, 0.1) is 5.41 Å². The van der Waals surface area contributed by atoms with Crippen molar-refractivity contribution in [3.8, 4) is 0 Å². The minimum absolute atomic E-state index is 0.0257. The molecule has 0 aromatic rings. The number of nitrogens with one attached hydrogen (secondary N) is 1. The van der Waals surface area contributed by atoms with Gasteiger partial charge in [0.2, 0.25) is 11.8 Å². The predicted molar refractivity (Wildman–Crippen MR) is 76.5 cm³/mol. The Kier molecular flexibility index (Phi) is 4.08. The lowest BCUT2D eigenvalue weighted by molar-refractivity contribution is -0.135. The number of rotatable bonds is 3. The lowest BCUT2D eigenvalue weighted by atomic mass is 9.73. The van der Waals surface area contributed by atoms with Crippen LogP contribution in [0.2, 0.25) is 0 Å². The van der Waals surface area contributed by atoms with Gasteiger partial charge in [-0.15, -0.1) is 0 Å². The highest BCUT2D eigenvalue weighted by atomic mass is 32.1. The van der Waals surface area contributed by atoms with E-state index in [1.807, 2.05) is 0 Å². The molecule has 1 aliphatic heterocycles. The summed E-state index contributed by atoms with van der Waals surface area (Å²) in [5.74, 6) is -0.185. The second kappa shape index (κ2) is 5.45. The second-order valence-corrected chi connectivity index (χ2v) is 6.02. The number of thiocarbonyl (C=S) groups is 1. The van der Waals surface area contributed by atoms with Crippen molar-refractivity contribution in [2.24, 2.45) is 11.1 Å². The van der Waals surface area contributed by atoms with Crippen molar-refractivity contribution in [2.45, 2.75) is 44.6 Å². The first-order chi connectivity index (χ1) is 8.97. The van der Waals surface area contributed by atoms with Gasteiger partial charge >= 0.3 is 0 Å². The SMILES string of the molecule is CN1CCC(NC(=O)C2(C(N)=S)CCCCC2)C1=O. The Balaban J connectivity index is 2.08. The third-order valence-electron chi connectivity index (χ3n) is 4.35.